The van der Waals surface area contributed by atoms with Crippen molar-refractivity contribution >= 4 is 34.1 Å². The molecule has 1 aliphatic rings. The highest BCUT2D eigenvalue weighted by atomic mass is 35.5. The van der Waals surface area contributed by atoms with Crippen molar-refractivity contribution in [2.75, 3.05) is 31.1 Å². The first-order valence-corrected chi connectivity index (χ1v) is 13.0. The summed E-state index contributed by atoms with van der Waals surface area (Å²) < 4.78 is 14.9. The van der Waals surface area contributed by atoms with Crippen molar-refractivity contribution in [3.05, 3.63) is 83.7 Å². The number of aryl methyl sites for hydroxylation is 1. The molecule has 6 nitrogen and oxygen atoms in total. The molecule has 0 saturated carbocycles. The summed E-state index contributed by atoms with van der Waals surface area (Å²) in [6.45, 7) is 7.91. The van der Waals surface area contributed by atoms with Crippen molar-refractivity contribution in [1.29, 1.82) is 0 Å². The molecular formula is C30H28ClFN4O2. The number of aromatic hydroxyl groups is 1. The van der Waals surface area contributed by atoms with E-state index < -0.39 is 5.82 Å². The second-order valence-electron chi connectivity index (χ2n) is 9.31. The molecule has 8 heteroatoms. The average Bonchev–Trinajstić information content (AvgIpc) is 2.93. The summed E-state index contributed by atoms with van der Waals surface area (Å²) in [5.41, 5.74) is 3.18. The lowest BCUT2D eigenvalue weighted by molar-refractivity contribution is -0.126. The Hall–Kier alpha value is -3.97. The maximum Gasteiger partial charge on any atom is 0.246 e. The Kier molecular flexibility index (Phi) is 7.29. The van der Waals surface area contributed by atoms with E-state index in [0.717, 1.165) is 34.7 Å². The van der Waals surface area contributed by atoms with Crippen molar-refractivity contribution in [2.45, 2.75) is 19.8 Å². The predicted molar refractivity (Wildman–Crippen MR) is 150 cm³/mol. The van der Waals surface area contributed by atoms with E-state index in [0.29, 0.717) is 48.3 Å². The fourth-order valence-electron chi connectivity index (χ4n) is 5.07. The van der Waals surface area contributed by atoms with E-state index in [1.165, 1.54) is 24.3 Å². The molecule has 194 valence electrons. The lowest BCUT2D eigenvalue weighted by Crippen LogP contribution is -2.48. The van der Waals surface area contributed by atoms with Gasteiger partial charge in [0.1, 0.15) is 17.3 Å². The third kappa shape index (κ3) is 4.70. The maximum atomic E-state index is 14.9. The molecule has 0 atom stereocenters. The SMILES string of the molecule is C=CC(=O)N1CCN(c2nnc(-c3ccccc3CCC)c3cc(-c4c(O)cccc4F)c(Cl)cc23)CC1. The van der Waals surface area contributed by atoms with E-state index in [-0.39, 0.29) is 17.2 Å². The second kappa shape index (κ2) is 10.8. The lowest BCUT2D eigenvalue weighted by Gasteiger charge is -2.35. The molecule has 2 heterocycles. The van der Waals surface area contributed by atoms with Crippen LogP contribution in [0.2, 0.25) is 5.02 Å². The van der Waals surface area contributed by atoms with Crippen LogP contribution in [-0.2, 0) is 11.2 Å². The van der Waals surface area contributed by atoms with Gasteiger partial charge in [-0.3, -0.25) is 4.79 Å². The zero-order chi connectivity index (χ0) is 26.8. The molecule has 4 aromatic rings. The first-order valence-electron chi connectivity index (χ1n) is 12.6. The monoisotopic (exact) mass is 530 g/mol. The number of aromatic nitrogens is 2. The van der Waals surface area contributed by atoms with E-state index in [1.54, 1.807) is 17.0 Å². The van der Waals surface area contributed by atoms with Gasteiger partial charge in [-0.1, -0.05) is 61.9 Å². The fraction of sp³-hybridized carbons (Fsp3) is 0.233. The topological polar surface area (TPSA) is 69.6 Å². The highest BCUT2D eigenvalue weighted by Gasteiger charge is 2.25. The summed E-state index contributed by atoms with van der Waals surface area (Å²) in [5, 5.41) is 21.7. The van der Waals surface area contributed by atoms with Gasteiger partial charge in [0, 0.05) is 53.1 Å². The van der Waals surface area contributed by atoms with Gasteiger partial charge in [0.15, 0.2) is 5.82 Å². The molecule has 3 aromatic carbocycles. The lowest BCUT2D eigenvalue weighted by atomic mass is 9.94. The van der Waals surface area contributed by atoms with Crippen LogP contribution in [0.4, 0.5) is 10.2 Å². The molecule has 1 aromatic heterocycles. The van der Waals surface area contributed by atoms with Crippen LogP contribution in [0.3, 0.4) is 0 Å². The third-order valence-electron chi connectivity index (χ3n) is 6.97. The first-order chi connectivity index (χ1) is 18.4. The van der Waals surface area contributed by atoms with E-state index >= 15 is 0 Å². The van der Waals surface area contributed by atoms with Crippen molar-refractivity contribution in [3.8, 4) is 28.1 Å². The fourth-order valence-corrected chi connectivity index (χ4v) is 5.33. The standard InChI is InChI=1S/C30H28ClFN4O2/c1-3-8-19-9-5-6-10-20(19)29-21-17-23(28-25(32)11-7-12-26(28)37)24(31)18-22(21)30(34-33-29)36-15-13-35(14-16-36)27(38)4-2/h4-7,9-12,17-18,37H,2-3,8,13-16H2,1H3. The normalized spacial score (nSPS) is 13.7. The van der Waals surface area contributed by atoms with Crippen molar-refractivity contribution in [3.63, 3.8) is 0 Å². The van der Waals surface area contributed by atoms with Gasteiger partial charge < -0.3 is 14.9 Å². The number of carbonyl (C=O) groups excluding carboxylic acids is 1. The zero-order valence-electron chi connectivity index (χ0n) is 21.1. The van der Waals surface area contributed by atoms with Crippen LogP contribution >= 0.6 is 11.6 Å². The molecule has 1 fully saturated rings. The molecule has 0 unspecified atom stereocenters. The largest absolute Gasteiger partial charge is 0.507 e. The number of rotatable bonds is 6. The Morgan fingerprint density at radius 2 is 1.82 bits per heavy atom. The Labute approximate surface area is 226 Å². The average molecular weight is 531 g/mol. The third-order valence-corrected chi connectivity index (χ3v) is 7.28. The van der Waals surface area contributed by atoms with Gasteiger partial charge in [0.05, 0.1) is 5.56 Å². The van der Waals surface area contributed by atoms with E-state index in [1.807, 2.05) is 18.2 Å². The summed E-state index contributed by atoms with van der Waals surface area (Å²) in [6.07, 6.45) is 3.16. The quantitative estimate of drug-likeness (QED) is 0.298. The molecule has 5 rings (SSSR count). The summed E-state index contributed by atoms with van der Waals surface area (Å²) in [5.74, 6) is -0.205. The molecule has 1 N–H and O–H groups in total. The second-order valence-corrected chi connectivity index (χ2v) is 9.71. The van der Waals surface area contributed by atoms with E-state index in [2.05, 4.69) is 34.7 Å². The van der Waals surface area contributed by atoms with E-state index in [4.69, 9.17) is 11.6 Å². The van der Waals surface area contributed by atoms with Crippen LogP contribution in [0.25, 0.3) is 33.2 Å². The van der Waals surface area contributed by atoms with Crippen molar-refractivity contribution in [1.82, 2.24) is 15.1 Å². The van der Waals surface area contributed by atoms with Gasteiger partial charge in [0.25, 0.3) is 0 Å². The number of piperazine rings is 1. The van der Waals surface area contributed by atoms with Gasteiger partial charge in [-0.05, 0) is 42.3 Å². The zero-order valence-corrected chi connectivity index (χ0v) is 21.9. The number of phenols is 1. The molecule has 0 spiro atoms. The van der Waals surface area contributed by atoms with Gasteiger partial charge in [0.2, 0.25) is 5.91 Å². The Morgan fingerprint density at radius 1 is 1.05 bits per heavy atom. The molecule has 1 saturated heterocycles. The smallest absolute Gasteiger partial charge is 0.246 e. The summed E-state index contributed by atoms with van der Waals surface area (Å²) in [4.78, 5) is 15.9. The molecule has 0 radical (unpaired) electrons. The number of fused-ring (bicyclic) bond motifs is 1. The number of carbonyl (C=O) groups is 1. The highest BCUT2D eigenvalue weighted by molar-refractivity contribution is 6.34. The number of benzene rings is 3. The van der Waals surface area contributed by atoms with Crippen LogP contribution in [0, 0.1) is 5.82 Å². The van der Waals surface area contributed by atoms with Crippen LogP contribution in [0.5, 0.6) is 5.75 Å². The van der Waals surface area contributed by atoms with Crippen LogP contribution < -0.4 is 4.90 Å². The number of phenolic OH excluding ortho intramolecular Hbond substituents is 1. The minimum Gasteiger partial charge on any atom is -0.507 e. The molecule has 1 amide bonds. The number of amides is 1. The van der Waals surface area contributed by atoms with Crippen LogP contribution in [0.1, 0.15) is 18.9 Å². The Bertz CT molecular complexity index is 1510. The minimum atomic E-state index is -0.565. The molecule has 0 bridgehead atoms. The minimum absolute atomic E-state index is 0.0436. The molecule has 0 aliphatic carbocycles. The predicted octanol–water partition coefficient (Wildman–Crippen LogP) is 6.25. The van der Waals surface area contributed by atoms with Crippen LogP contribution in [0.15, 0.2) is 67.3 Å². The highest BCUT2D eigenvalue weighted by Crippen LogP contribution is 2.42. The first kappa shape index (κ1) is 25.7. The number of hydrogen-bond acceptors (Lipinski definition) is 5. The summed E-state index contributed by atoms with van der Waals surface area (Å²) in [6, 6.07) is 15.8. The van der Waals surface area contributed by atoms with Gasteiger partial charge in [-0.2, -0.15) is 0 Å². The molecular weight excluding hydrogens is 503 g/mol. The van der Waals surface area contributed by atoms with Crippen molar-refractivity contribution in [2.24, 2.45) is 0 Å². The van der Waals surface area contributed by atoms with Gasteiger partial charge in [-0.15, -0.1) is 10.2 Å². The van der Waals surface area contributed by atoms with Crippen LogP contribution in [-0.4, -0.2) is 52.3 Å². The molecule has 38 heavy (non-hydrogen) atoms. The van der Waals surface area contributed by atoms with E-state index in [9.17, 15) is 14.3 Å². The van der Waals surface area contributed by atoms with Gasteiger partial charge >= 0.3 is 0 Å². The Morgan fingerprint density at radius 3 is 2.53 bits per heavy atom. The number of nitrogens with zero attached hydrogens (tertiary/aromatic N) is 4. The summed E-state index contributed by atoms with van der Waals surface area (Å²) in [7, 11) is 0. The Balaban J connectivity index is 1.71. The van der Waals surface area contributed by atoms with Crippen molar-refractivity contribution < 1.29 is 14.3 Å². The number of anilines is 1. The number of hydrogen-bond donors (Lipinski definition) is 1. The maximum absolute atomic E-state index is 14.9. The molecule has 1 aliphatic heterocycles. The number of halogens is 2. The summed E-state index contributed by atoms with van der Waals surface area (Å²) >= 11 is 6.75. The van der Waals surface area contributed by atoms with Gasteiger partial charge in [-0.25, -0.2) is 4.39 Å².